The van der Waals surface area contributed by atoms with Gasteiger partial charge in [-0.2, -0.15) is 0 Å². The van der Waals surface area contributed by atoms with E-state index in [1.807, 2.05) is 31.2 Å². The fourth-order valence-electron chi connectivity index (χ4n) is 3.79. The SMILES string of the molecule is CCCCNC(=O)[C@@H](C)N(Cc1ccc(OC)cc1)C(=O)CN(c1ccc(C(C)(C)C)cc1)S(C)(=O)=O. The average Bonchev–Trinajstić information content (AvgIpc) is 2.84. The second kappa shape index (κ2) is 12.9. The zero-order valence-corrected chi connectivity index (χ0v) is 23.9. The average molecular weight is 532 g/mol. The second-order valence-corrected chi connectivity index (χ2v) is 12.2. The van der Waals surface area contributed by atoms with Crippen molar-refractivity contribution in [2.24, 2.45) is 0 Å². The van der Waals surface area contributed by atoms with Crippen LogP contribution in [0.25, 0.3) is 0 Å². The van der Waals surface area contributed by atoms with Crippen LogP contribution in [0.4, 0.5) is 5.69 Å². The van der Waals surface area contributed by atoms with Crippen molar-refractivity contribution in [2.45, 2.75) is 65.5 Å². The Kier molecular flexibility index (Phi) is 10.5. The van der Waals surface area contributed by atoms with Gasteiger partial charge in [-0.15, -0.1) is 0 Å². The molecule has 1 atom stereocenters. The first kappa shape index (κ1) is 30.2. The number of hydrogen-bond donors (Lipinski definition) is 1. The van der Waals surface area contributed by atoms with E-state index >= 15 is 0 Å². The summed E-state index contributed by atoms with van der Waals surface area (Å²) in [6.45, 7) is 10.1. The molecule has 0 aliphatic carbocycles. The summed E-state index contributed by atoms with van der Waals surface area (Å²) in [6, 6.07) is 13.6. The maximum Gasteiger partial charge on any atom is 0.244 e. The Balaban J connectivity index is 2.36. The number of amides is 2. The lowest BCUT2D eigenvalue weighted by Crippen LogP contribution is -2.51. The molecule has 2 aromatic carbocycles. The van der Waals surface area contributed by atoms with Crippen LogP contribution in [0.1, 0.15) is 58.6 Å². The predicted molar refractivity (Wildman–Crippen MR) is 148 cm³/mol. The van der Waals surface area contributed by atoms with Crippen molar-refractivity contribution in [3.63, 3.8) is 0 Å². The predicted octanol–water partition coefficient (Wildman–Crippen LogP) is 4.09. The van der Waals surface area contributed by atoms with Crippen molar-refractivity contribution in [3.05, 3.63) is 59.7 Å². The number of anilines is 1. The lowest BCUT2D eigenvalue weighted by atomic mass is 9.87. The van der Waals surface area contributed by atoms with Gasteiger partial charge in [-0.1, -0.05) is 58.4 Å². The molecule has 1 N–H and O–H groups in total. The first-order valence-electron chi connectivity index (χ1n) is 12.6. The van der Waals surface area contributed by atoms with Gasteiger partial charge < -0.3 is 15.0 Å². The largest absolute Gasteiger partial charge is 0.497 e. The molecule has 0 unspecified atom stereocenters. The van der Waals surface area contributed by atoms with Crippen LogP contribution >= 0.6 is 0 Å². The van der Waals surface area contributed by atoms with Crippen LogP contribution in [0.5, 0.6) is 5.75 Å². The lowest BCUT2D eigenvalue weighted by molar-refractivity contribution is -0.139. The van der Waals surface area contributed by atoms with Gasteiger partial charge in [0.25, 0.3) is 0 Å². The summed E-state index contributed by atoms with van der Waals surface area (Å²) >= 11 is 0. The van der Waals surface area contributed by atoms with Crippen molar-refractivity contribution >= 4 is 27.5 Å². The molecule has 0 radical (unpaired) electrons. The van der Waals surface area contributed by atoms with Crippen LogP contribution in [0.3, 0.4) is 0 Å². The van der Waals surface area contributed by atoms with Crippen LogP contribution in [-0.4, -0.2) is 57.6 Å². The number of ether oxygens (including phenoxy) is 1. The minimum Gasteiger partial charge on any atom is -0.497 e. The highest BCUT2D eigenvalue weighted by Gasteiger charge is 2.30. The van der Waals surface area contributed by atoms with Gasteiger partial charge in [0, 0.05) is 13.1 Å². The maximum absolute atomic E-state index is 13.6. The lowest BCUT2D eigenvalue weighted by Gasteiger charge is -2.31. The van der Waals surface area contributed by atoms with E-state index in [9.17, 15) is 18.0 Å². The van der Waals surface area contributed by atoms with Gasteiger partial charge >= 0.3 is 0 Å². The molecule has 204 valence electrons. The van der Waals surface area contributed by atoms with Crippen LogP contribution < -0.4 is 14.4 Å². The van der Waals surface area contributed by atoms with Crippen molar-refractivity contribution in [3.8, 4) is 5.75 Å². The third-order valence-corrected chi connectivity index (χ3v) is 7.35. The third-order valence-electron chi connectivity index (χ3n) is 6.21. The number of unbranched alkanes of at least 4 members (excludes halogenated alkanes) is 1. The van der Waals surface area contributed by atoms with Gasteiger partial charge in [-0.3, -0.25) is 13.9 Å². The Morgan fingerprint density at radius 3 is 2.11 bits per heavy atom. The molecule has 9 heteroatoms. The third kappa shape index (κ3) is 8.77. The van der Waals surface area contributed by atoms with E-state index in [0.717, 1.165) is 34.5 Å². The Morgan fingerprint density at radius 2 is 1.62 bits per heavy atom. The van der Waals surface area contributed by atoms with E-state index in [4.69, 9.17) is 4.74 Å². The number of methoxy groups -OCH3 is 1. The summed E-state index contributed by atoms with van der Waals surface area (Å²) in [5.74, 6) is -0.0797. The molecule has 0 heterocycles. The summed E-state index contributed by atoms with van der Waals surface area (Å²) < 4.78 is 31.8. The molecule has 0 aliphatic heterocycles. The van der Waals surface area contributed by atoms with Gasteiger partial charge in [0.1, 0.15) is 18.3 Å². The molecule has 0 saturated heterocycles. The number of nitrogens with zero attached hydrogens (tertiary/aromatic N) is 2. The summed E-state index contributed by atoms with van der Waals surface area (Å²) in [5.41, 5.74) is 2.14. The van der Waals surface area contributed by atoms with Crippen LogP contribution in [0.15, 0.2) is 48.5 Å². The highest BCUT2D eigenvalue weighted by molar-refractivity contribution is 7.92. The zero-order valence-electron chi connectivity index (χ0n) is 23.1. The number of hydrogen-bond acceptors (Lipinski definition) is 5. The number of sulfonamides is 1. The molecule has 0 spiro atoms. The van der Waals surface area contributed by atoms with E-state index in [1.165, 1.54) is 4.90 Å². The minimum absolute atomic E-state index is 0.0972. The Bertz CT molecular complexity index is 1140. The Morgan fingerprint density at radius 1 is 1.03 bits per heavy atom. The van der Waals surface area contributed by atoms with Crippen molar-refractivity contribution in [2.75, 3.05) is 30.8 Å². The van der Waals surface area contributed by atoms with Crippen LogP contribution in [0.2, 0.25) is 0 Å². The topological polar surface area (TPSA) is 96.0 Å². The zero-order chi connectivity index (χ0) is 27.8. The highest BCUT2D eigenvalue weighted by Crippen LogP contribution is 2.26. The summed E-state index contributed by atoms with van der Waals surface area (Å²) in [6.07, 6.45) is 2.84. The fraction of sp³-hybridized carbons (Fsp3) is 0.500. The quantitative estimate of drug-likeness (QED) is 0.416. The van der Waals surface area contributed by atoms with Crippen molar-refractivity contribution in [1.82, 2.24) is 10.2 Å². The smallest absolute Gasteiger partial charge is 0.244 e. The molecule has 0 saturated carbocycles. The molecular weight excluding hydrogens is 490 g/mol. The highest BCUT2D eigenvalue weighted by atomic mass is 32.2. The van der Waals surface area contributed by atoms with Gasteiger partial charge in [0.05, 0.1) is 19.1 Å². The van der Waals surface area contributed by atoms with E-state index in [1.54, 1.807) is 38.3 Å². The van der Waals surface area contributed by atoms with Crippen LogP contribution in [-0.2, 0) is 31.6 Å². The summed E-state index contributed by atoms with van der Waals surface area (Å²) in [5, 5.41) is 2.87. The molecule has 2 rings (SSSR count). The van der Waals surface area contributed by atoms with E-state index in [-0.39, 0.29) is 17.9 Å². The monoisotopic (exact) mass is 531 g/mol. The fourth-order valence-corrected chi connectivity index (χ4v) is 4.64. The molecule has 2 aromatic rings. The second-order valence-electron chi connectivity index (χ2n) is 10.3. The first-order valence-corrected chi connectivity index (χ1v) is 14.4. The van der Waals surface area contributed by atoms with Gasteiger partial charge in [0.2, 0.25) is 21.8 Å². The summed E-state index contributed by atoms with van der Waals surface area (Å²) in [4.78, 5) is 27.9. The summed E-state index contributed by atoms with van der Waals surface area (Å²) in [7, 11) is -2.20. The molecule has 0 bridgehead atoms. The molecule has 0 aromatic heterocycles. The maximum atomic E-state index is 13.6. The minimum atomic E-state index is -3.77. The number of carbonyl (C=O) groups excluding carboxylic acids is 2. The van der Waals surface area contributed by atoms with E-state index < -0.39 is 28.5 Å². The Labute approximate surface area is 222 Å². The first-order chi connectivity index (χ1) is 17.3. The van der Waals surface area contributed by atoms with Crippen LogP contribution in [0, 0.1) is 0 Å². The number of nitrogens with one attached hydrogen (secondary N) is 1. The molecule has 37 heavy (non-hydrogen) atoms. The van der Waals surface area contributed by atoms with Gasteiger partial charge in [0.15, 0.2) is 0 Å². The molecule has 0 aliphatic rings. The normalized spacial score (nSPS) is 12.5. The van der Waals surface area contributed by atoms with E-state index in [0.29, 0.717) is 18.0 Å². The van der Waals surface area contributed by atoms with E-state index in [2.05, 4.69) is 26.1 Å². The molecular formula is C28H41N3O5S. The molecule has 2 amide bonds. The standard InChI is InChI=1S/C28H41N3O5S/c1-8-9-18-29-27(33)21(2)30(19-22-10-16-25(36-6)17-11-22)26(32)20-31(37(7,34)35)24-14-12-23(13-15-24)28(3,4)5/h10-17,21H,8-9,18-20H2,1-7H3,(H,29,33)/t21-/m1/s1. The van der Waals surface area contributed by atoms with Crippen molar-refractivity contribution < 1.29 is 22.7 Å². The number of carbonyl (C=O) groups is 2. The number of rotatable bonds is 12. The molecule has 0 fully saturated rings. The molecule has 8 nitrogen and oxygen atoms in total. The van der Waals surface area contributed by atoms with Gasteiger partial charge in [-0.05, 0) is 54.2 Å². The number of benzene rings is 2. The Hall–Kier alpha value is -3.07. The van der Waals surface area contributed by atoms with Gasteiger partial charge in [-0.25, -0.2) is 8.42 Å². The van der Waals surface area contributed by atoms with Crippen molar-refractivity contribution in [1.29, 1.82) is 0 Å².